The first-order chi connectivity index (χ1) is 16.5. The number of benzene rings is 2. The van der Waals surface area contributed by atoms with E-state index in [1.807, 2.05) is 23.6 Å². The van der Waals surface area contributed by atoms with E-state index in [1.54, 1.807) is 36.4 Å². The molecule has 3 heterocycles. The van der Waals surface area contributed by atoms with Crippen molar-refractivity contribution in [2.75, 3.05) is 18.4 Å². The van der Waals surface area contributed by atoms with Crippen molar-refractivity contribution in [2.45, 2.75) is 32.6 Å². The number of amides is 1. The second kappa shape index (κ2) is 9.46. The van der Waals surface area contributed by atoms with Gasteiger partial charge in [-0.1, -0.05) is 36.4 Å². The maximum absolute atomic E-state index is 13.3. The number of carbonyl (C=O) groups is 1. The first-order valence-electron chi connectivity index (χ1n) is 11.2. The van der Waals surface area contributed by atoms with Gasteiger partial charge in [0.05, 0.1) is 29.0 Å². The Morgan fingerprint density at radius 1 is 1.06 bits per heavy atom. The number of para-hydroxylation sites is 1. The number of anilines is 1. The standard InChI is InChI=1S/C25H25N5O3S/c1-16-12-29(13-17(2)33-16)14-18-15-34-25(26-18)27-23(31)22-20-10-6-7-11-21(20)24(32)30(28-22)19-8-4-3-5-9-19/h3-11,15-17H,12-14H2,1-2H3,(H,26,27,31)/t16-,17-/m0/s1. The van der Waals surface area contributed by atoms with Crippen molar-refractivity contribution >= 4 is 33.1 Å². The maximum atomic E-state index is 13.3. The largest absolute Gasteiger partial charge is 0.373 e. The lowest BCUT2D eigenvalue weighted by atomic mass is 10.1. The quantitative estimate of drug-likeness (QED) is 0.473. The van der Waals surface area contributed by atoms with Gasteiger partial charge in [-0.05, 0) is 32.0 Å². The molecule has 0 aliphatic carbocycles. The molecule has 0 spiro atoms. The minimum atomic E-state index is -0.407. The Kier molecular flexibility index (Phi) is 6.23. The van der Waals surface area contributed by atoms with Crippen LogP contribution in [0.25, 0.3) is 16.5 Å². The van der Waals surface area contributed by atoms with Gasteiger partial charge < -0.3 is 4.74 Å². The average molecular weight is 476 g/mol. The number of nitrogens with one attached hydrogen (secondary N) is 1. The Hall–Kier alpha value is -3.40. The number of hydrogen-bond acceptors (Lipinski definition) is 7. The summed E-state index contributed by atoms with van der Waals surface area (Å²) in [5.41, 5.74) is 1.39. The molecule has 9 heteroatoms. The zero-order valence-electron chi connectivity index (χ0n) is 19.0. The Balaban J connectivity index is 1.41. The van der Waals surface area contributed by atoms with Crippen molar-refractivity contribution in [3.05, 3.63) is 81.7 Å². The Morgan fingerprint density at radius 2 is 1.74 bits per heavy atom. The van der Waals surface area contributed by atoms with Crippen molar-refractivity contribution in [3.63, 3.8) is 0 Å². The van der Waals surface area contributed by atoms with Crippen LogP contribution in [0.2, 0.25) is 0 Å². The Labute approximate surface area is 200 Å². The number of ether oxygens (including phenoxy) is 1. The van der Waals surface area contributed by atoms with Gasteiger partial charge in [0, 0.05) is 30.4 Å². The number of morpholine rings is 1. The van der Waals surface area contributed by atoms with E-state index in [4.69, 9.17) is 4.74 Å². The molecule has 2 atom stereocenters. The summed E-state index contributed by atoms with van der Waals surface area (Å²) < 4.78 is 7.07. The second-order valence-corrected chi connectivity index (χ2v) is 9.35. The van der Waals surface area contributed by atoms with E-state index >= 15 is 0 Å². The molecule has 0 bridgehead atoms. The number of fused-ring (bicyclic) bond motifs is 1. The minimum absolute atomic E-state index is 0.173. The number of nitrogens with zero attached hydrogens (tertiary/aromatic N) is 4. The number of rotatable bonds is 5. The molecule has 1 aliphatic rings. The van der Waals surface area contributed by atoms with Gasteiger partial charge in [0.2, 0.25) is 0 Å². The summed E-state index contributed by atoms with van der Waals surface area (Å²) in [6.45, 7) is 6.54. The fraction of sp³-hybridized carbons (Fsp3) is 0.280. The highest BCUT2D eigenvalue weighted by atomic mass is 32.1. The van der Waals surface area contributed by atoms with Gasteiger partial charge in [0.25, 0.3) is 11.5 Å². The fourth-order valence-corrected chi connectivity index (χ4v) is 5.03. The van der Waals surface area contributed by atoms with Crippen LogP contribution in [-0.4, -0.2) is 50.9 Å². The van der Waals surface area contributed by atoms with E-state index in [0.29, 0.717) is 28.1 Å². The van der Waals surface area contributed by atoms with E-state index in [1.165, 1.54) is 16.0 Å². The summed E-state index contributed by atoms with van der Waals surface area (Å²) in [7, 11) is 0. The molecular weight excluding hydrogens is 450 g/mol. The smallest absolute Gasteiger partial charge is 0.279 e. The van der Waals surface area contributed by atoms with Gasteiger partial charge in [0.1, 0.15) is 0 Å². The predicted molar refractivity (Wildman–Crippen MR) is 133 cm³/mol. The second-order valence-electron chi connectivity index (χ2n) is 8.50. The van der Waals surface area contributed by atoms with Crippen LogP contribution in [0.4, 0.5) is 5.13 Å². The third kappa shape index (κ3) is 4.63. The van der Waals surface area contributed by atoms with Crippen molar-refractivity contribution in [2.24, 2.45) is 0 Å². The monoisotopic (exact) mass is 475 g/mol. The van der Waals surface area contributed by atoms with Crippen molar-refractivity contribution < 1.29 is 9.53 Å². The highest BCUT2D eigenvalue weighted by molar-refractivity contribution is 7.14. The molecule has 5 rings (SSSR count). The molecular formula is C25H25N5O3S. The van der Waals surface area contributed by atoms with Crippen LogP contribution in [0, 0.1) is 0 Å². The molecule has 0 radical (unpaired) electrons. The van der Waals surface area contributed by atoms with Crippen molar-refractivity contribution in [1.82, 2.24) is 19.7 Å². The van der Waals surface area contributed by atoms with Crippen LogP contribution in [-0.2, 0) is 11.3 Å². The summed E-state index contributed by atoms with van der Waals surface area (Å²) in [4.78, 5) is 33.2. The van der Waals surface area contributed by atoms with Crippen LogP contribution in [0.1, 0.15) is 30.0 Å². The fourth-order valence-electron chi connectivity index (χ4n) is 4.34. The van der Waals surface area contributed by atoms with Crippen LogP contribution in [0.5, 0.6) is 0 Å². The van der Waals surface area contributed by atoms with Crippen LogP contribution in [0.3, 0.4) is 0 Å². The topological polar surface area (TPSA) is 89.4 Å². The van der Waals surface area contributed by atoms with Crippen LogP contribution < -0.4 is 10.9 Å². The third-order valence-electron chi connectivity index (χ3n) is 5.67. The zero-order chi connectivity index (χ0) is 23.7. The predicted octanol–water partition coefficient (Wildman–Crippen LogP) is 3.70. The summed E-state index contributed by atoms with van der Waals surface area (Å²) in [5.74, 6) is -0.407. The van der Waals surface area contributed by atoms with E-state index in [0.717, 1.165) is 18.8 Å². The summed E-state index contributed by atoms with van der Waals surface area (Å²) in [5, 5.41) is 10.7. The first-order valence-corrected chi connectivity index (χ1v) is 12.1. The van der Waals surface area contributed by atoms with E-state index < -0.39 is 5.91 Å². The molecule has 4 aromatic rings. The summed E-state index contributed by atoms with van der Waals surface area (Å²) in [6, 6.07) is 16.1. The molecule has 174 valence electrons. The SMILES string of the molecule is C[C@H]1CN(Cc2csc(NC(=O)c3nn(-c4ccccc4)c(=O)c4ccccc34)n2)C[C@H](C)O1. The van der Waals surface area contributed by atoms with E-state index in [9.17, 15) is 9.59 Å². The number of thiazole rings is 1. The van der Waals surface area contributed by atoms with Gasteiger partial charge in [-0.2, -0.15) is 9.78 Å². The zero-order valence-corrected chi connectivity index (χ0v) is 19.8. The van der Waals surface area contributed by atoms with Gasteiger partial charge in [0.15, 0.2) is 10.8 Å². The summed E-state index contributed by atoms with van der Waals surface area (Å²) in [6.07, 6.45) is 0.363. The third-order valence-corrected chi connectivity index (χ3v) is 6.48. The van der Waals surface area contributed by atoms with Gasteiger partial charge in [-0.15, -0.1) is 11.3 Å². The minimum Gasteiger partial charge on any atom is -0.373 e. The molecule has 34 heavy (non-hydrogen) atoms. The average Bonchev–Trinajstić information content (AvgIpc) is 3.25. The van der Waals surface area contributed by atoms with Gasteiger partial charge in [-0.3, -0.25) is 19.8 Å². The molecule has 2 aromatic carbocycles. The Morgan fingerprint density at radius 3 is 2.47 bits per heavy atom. The number of aromatic nitrogens is 3. The molecule has 8 nitrogen and oxygen atoms in total. The normalized spacial score (nSPS) is 18.8. The molecule has 1 saturated heterocycles. The lowest BCUT2D eigenvalue weighted by Gasteiger charge is -2.34. The molecule has 1 aliphatic heterocycles. The van der Waals surface area contributed by atoms with Crippen LogP contribution >= 0.6 is 11.3 Å². The molecule has 1 amide bonds. The molecule has 0 unspecified atom stereocenters. The maximum Gasteiger partial charge on any atom is 0.279 e. The van der Waals surface area contributed by atoms with Crippen molar-refractivity contribution in [3.8, 4) is 5.69 Å². The van der Waals surface area contributed by atoms with Gasteiger partial charge in [-0.25, -0.2) is 4.98 Å². The van der Waals surface area contributed by atoms with Gasteiger partial charge >= 0.3 is 0 Å². The van der Waals surface area contributed by atoms with E-state index in [-0.39, 0.29) is 23.5 Å². The van der Waals surface area contributed by atoms with Crippen molar-refractivity contribution in [1.29, 1.82) is 0 Å². The lowest BCUT2D eigenvalue weighted by molar-refractivity contribution is -0.0707. The Bertz CT molecular complexity index is 1370. The molecule has 2 aromatic heterocycles. The highest BCUT2D eigenvalue weighted by Crippen LogP contribution is 2.21. The van der Waals surface area contributed by atoms with Crippen LogP contribution in [0.15, 0.2) is 64.8 Å². The lowest BCUT2D eigenvalue weighted by Crippen LogP contribution is -2.44. The highest BCUT2D eigenvalue weighted by Gasteiger charge is 2.23. The summed E-state index contributed by atoms with van der Waals surface area (Å²) >= 11 is 1.37. The first kappa shape index (κ1) is 22.4. The molecule has 1 fully saturated rings. The number of carbonyl (C=O) groups excluding carboxylic acids is 1. The molecule has 0 saturated carbocycles. The van der Waals surface area contributed by atoms with E-state index in [2.05, 4.69) is 34.1 Å². The molecule has 1 N–H and O–H groups in total. The number of hydrogen-bond donors (Lipinski definition) is 1.